The number of benzene rings is 2. The lowest BCUT2D eigenvalue weighted by Gasteiger charge is -2.02. The quantitative estimate of drug-likeness (QED) is 0.447. The summed E-state index contributed by atoms with van der Waals surface area (Å²) in [5, 5.41) is 11.7. The minimum Gasteiger partial charge on any atom is -0.331 e. The fourth-order valence-electron chi connectivity index (χ4n) is 2.92. The van der Waals surface area contributed by atoms with E-state index in [-0.39, 0.29) is 5.82 Å². The molecule has 136 valence electrons. The van der Waals surface area contributed by atoms with Gasteiger partial charge in [0.15, 0.2) is 5.13 Å². The third-order valence-electron chi connectivity index (χ3n) is 4.31. The number of nitrogens with zero attached hydrogens (tertiary/aromatic N) is 4. The van der Waals surface area contributed by atoms with Crippen molar-refractivity contribution in [1.82, 2.24) is 19.7 Å². The van der Waals surface area contributed by atoms with Crippen LogP contribution in [0.4, 0.5) is 15.2 Å². The van der Waals surface area contributed by atoms with Gasteiger partial charge in [-0.1, -0.05) is 0 Å². The van der Waals surface area contributed by atoms with E-state index < -0.39 is 0 Å². The number of hydrogen-bond acceptors (Lipinski definition) is 5. The molecule has 0 fully saturated rings. The van der Waals surface area contributed by atoms with Crippen molar-refractivity contribution < 1.29 is 4.39 Å². The Morgan fingerprint density at radius 1 is 1.04 bits per heavy atom. The number of nitrogens with one attached hydrogen (secondary N) is 1. The molecule has 0 saturated heterocycles. The van der Waals surface area contributed by atoms with Crippen molar-refractivity contribution in [3.63, 3.8) is 0 Å². The van der Waals surface area contributed by atoms with Gasteiger partial charge in [0.25, 0.3) is 0 Å². The van der Waals surface area contributed by atoms with Crippen LogP contribution in [0.2, 0.25) is 0 Å². The van der Waals surface area contributed by atoms with Gasteiger partial charge in [0.05, 0.1) is 16.9 Å². The smallest absolute Gasteiger partial charge is 0.187 e. The highest BCUT2D eigenvalue weighted by molar-refractivity contribution is 7.14. The van der Waals surface area contributed by atoms with Gasteiger partial charge in [-0.05, 0) is 54.6 Å². The van der Waals surface area contributed by atoms with Gasteiger partial charge in [0.2, 0.25) is 0 Å². The van der Waals surface area contributed by atoms with E-state index >= 15 is 0 Å². The summed E-state index contributed by atoms with van der Waals surface area (Å²) in [5.41, 5.74) is 4.44. The van der Waals surface area contributed by atoms with Crippen LogP contribution in [-0.2, 0) is 0 Å². The Bertz CT molecular complexity index is 1250. The molecular formula is C21H14FN5S. The van der Waals surface area contributed by atoms with Gasteiger partial charge in [-0.2, -0.15) is 5.10 Å². The number of pyridine rings is 1. The Kier molecular flexibility index (Phi) is 4.06. The molecular weight excluding hydrogens is 373 g/mol. The van der Waals surface area contributed by atoms with Crippen molar-refractivity contribution in [3.05, 3.63) is 84.4 Å². The van der Waals surface area contributed by atoms with Crippen LogP contribution in [0.5, 0.6) is 0 Å². The average Bonchev–Trinajstić information content (AvgIpc) is 3.36. The first-order chi connectivity index (χ1) is 13.7. The van der Waals surface area contributed by atoms with Crippen LogP contribution in [0, 0.1) is 5.82 Å². The summed E-state index contributed by atoms with van der Waals surface area (Å²) in [6, 6.07) is 16.1. The zero-order chi connectivity index (χ0) is 18.9. The molecule has 3 heterocycles. The highest BCUT2D eigenvalue weighted by Crippen LogP contribution is 2.28. The topological polar surface area (TPSA) is 55.6 Å². The molecule has 7 heteroatoms. The fraction of sp³-hybridized carbons (Fsp3) is 0. The first-order valence-electron chi connectivity index (χ1n) is 8.63. The predicted molar refractivity (Wildman–Crippen MR) is 110 cm³/mol. The minimum atomic E-state index is -0.263. The zero-order valence-electron chi connectivity index (χ0n) is 14.6. The molecule has 3 aromatic heterocycles. The lowest BCUT2D eigenvalue weighted by atomic mass is 10.2. The van der Waals surface area contributed by atoms with Gasteiger partial charge in [0, 0.05) is 40.6 Å². The first kappa shape index (κ1) is 16.6. The zero-order valence-corrected chi connectivity index (χ0v) is 15.4. The van der Waals surface area contributed by atoms with Crippen molar-refractivity contribution in [2.24, 2.45) is 0 Å². The molecule has 2 aromatic carbocycles. The highest BCUT2D eigenvalue weighted by Gasteiger charge is 2.07. The molecule has 0 atom stereocenters. The maximum atomic E-state index is 13.1. The molecule has 0 spiro atoms. The van der Waals surface area contributed by atoms with Crippen LogP contribution in [0.15, 0.2) is 78.6 Å². The normalized spacial score (nSPS) is 11.0. The second-order valence-electron chi connectivity index (χ2n) is 6.23. The van der Waals surface area contributed by atoms with Crippen molar-refractivity contribution in [3.8, 4) is 16.9 Å². The number of anilines is 2. The van der Waals surface area contributed by atoms with E-state index in [1.807, 2.05) is 41.9 Å². The van der Waals surface area contributed by atoms with Crippen LogP contribution in [-0.4, -0.2) is 19.7 Å². The molecule has 5 aromatic rings. The van der Waals surface area contributed by atoms with Crippen molar-refractivity contribution in [1.29, 1.82) is 0 Å². The fourth-order valence-corrected chi connectivity index (χ4v) is 3.66. The first-order valence-corrected chi connectivity index (χ1v) is 9.51. The van der Waals surface area contributed by atoms with E-state index in [0.717, 1.165) is 38.7 Å². The van der Waals surface area contributed by atoms with Gasteiger partial charge in [-0.25, -0.2) is 14.1 Å². The summed E-state index contributed by atoms with van der Waals surface area (Å²) >= 11 is 1.54. The van der Waals surface area contributed by atoms with Gasteiger partial charge < -0.3 is 5.32 Å². The predicted octanol–water partition coefficient (Wildman–Crippen LogP) is 5.43. The summed E-state index contributed by atoms with van der Waals surface area (Å²) in [4.78, 5) is 8.76. The third kappa shape index (κ3) is 3.23. The van der Waals surface area contributed by atoms with Crippen LogP contribution in [0.3, 0.4) is 0 Å². The van der Waals surface area contributed by atoms with E-state index in [4.69, 9.17) is 0 Å². The highest BCUT2D eigenvalue weighted by atomic mass is 32.1. The summed E-state index contributed by atoms with van der Waals surface area (Å²) in [6.07, 6.45) is 5.47. The molecule has 0 aliphatic heterocycles. The van der Waals surface area contributed by atoms with E-state index in [2.05, 4.69) is 20.4 Å². The van der Waals surface area contributed by atoms with E-state index in [1.165, 1.54) is 23.5 Å². The summed E-state index contributed by atoms with van der Waals surface area (Å²) < 4.78 is 14.9. The standard InChI is InChI=1S/C21H14FN5S/c22-16-4-7-18(8-5-16)27-12-15-3-6-17(10-19(15)26-27)24-21-25-20(13-28-21)14-2-1-9-23-11-14/h1-13H,(H,24,25). The number of thiazole rings is 1. The molecule has 0 aliphatic rings. The van der Waals surface area contributed by atoms with Crippen molar-refractivity contribution in [2.45, 2.75) is 0 Å². The van der Waals surface area contributed by atoms with Gasteiger partial charge in [-0.15, -0.1) is 11.3 Å². The molecule has 1 N–H and O–H groups in total. The van der Waals surface area contributed by atoms with Gasteiger partial charge >= 0.3 is 0 Å². The van der Waals surface area contributed by atoms with Crippen LogP contribution in [0.1, 0.15) is 0 Å². The minimum absolute atomic E-state index is 0.263. The average molecular weight is 387 g/mol. The number of hydrogen-bond donors (Lipinski definition) is 1. The molecule has 28 heavy (non-hydrogen) atoms. The molecule has 5 nitrogen and oxygen atoms in total. The van der Waals surface area contributed by atoms with Crippen LogP contribution in [0.25, 0.3) is 27.8 Å². The van der Waals surface area contributed by atoms with E-state index in [1.54, 1.807) is 29.2 Å². The number of rotatable bonds is 4. The Balaban J connectivity index is 1.41. The van der Waals surface area contributed by atoms with Gasteiger partial charge in [0.1, 0.15) is 5.82 Å². The van der Waals surface area contributed by atoms with Crippen LogP contribution < -0.4 is 5.32 Å². The number of fused-ring (bicyclic) bond motifs is 1. The largest absolute Gasteiger partial charge is 0.331 e. The number of aromatic nitrogens is 4. The van der Waals surface area contributed by atoms with Gasteiger partial charge in [-0.3, -0.25) is 4.98 Å². The monoisotopic (exact) mass is 387 g/mol. The summed E-state index contributed by atoms with van der Waals surface area (Å²) in [6.45, 7) is 0. The lowest BCUT2D eigenvalue weighted by molar-refractivity contribution is 0.627. The summed E-state index contributed by atoms with van der Waals surface area (Å²) in [5.74, 6) is -0.263. The third-order valence-corrected chi connectivity index (χ3v) is 5.07. The Labute approximate surface area is 164 Å². The Hall–Kier alpha value is -3.58. The maximum Gasteiger partial charge on any atom is 0.187 e. The molecule has 0 aliphatic carbocycles. The SMILES string of the molecule is Fc1ccc(-n2cc3ccc(Nc4nc(-c5cccnc5)cs4)cc3n2)cc1. The molecule has 0 bridgehead atoms. The maximum absolute atomic E-state index is 13.1. The van der Waals surface area contributed by atoms with Crippen molar-refractivity contribution in [2.75, 3.05) is 5.32 Å². The molecule has 0 radical (unpaired) electrons. The van der Waals surface area contributed by atoms with Crippen molar-refractivity contribution >= 4 is 33.1 Å². The molecule has 0 unspecified atom stereocenters. The second kappa shape index (κ2) is 6.86. The Morgan fingerprint density at radius 2 is 1.93 bits per heavy atom. The second-order valence-corrected chi connectivity index (χ2v) is 7.09. The van der Waals surface area contributed by atoms with Crippen LogP contribution >= 0.6 is 11.3 Å². The molecule has 0 saturated carbocycles. The Morgan fingerprint density at radius 3 is 2.75 bits per heavy atom. The van der Waals surface area contributed by atoms with E-state index in [9.17, 15) is 4.39 Å². The van der Waals surface area contributed by atoms with E-state index in [0.29, 0.717) is 0 Å². The molecule has 0 amide bonds. The summed E-state index contributed by atoms with van der Waals surface area (Å²) in [7, 11) is 0. The lowest BCUT2D eigenvalue weighted by Crippen LogP contribution is -1.93. The molecule has 5 rings (SSSR count). The number of halogens is 1.